The molecule has 0 unspecified atom stereocenters. The lowest BCUT2D eigenvalue weighted by Gasteiger charge is -2.13. The van der Waals surface area contributed by atoms with E-state index in [0.717, 1.165) is 24.3 Å². The van der Waals surface area contributed by atoms with Gasteiger partial charge in [0.2, 0.25) is 0 Å². The van der Waals surface area contributed by atoms with E-state index in [-0.39, 0.29) is 11.0 Å². The van der Waals surface area contributed by atoms with Crippen LogP contribution in [0.5, 0.6) is 11.5 Å². The molecule has 0 aliphatic rings. The van der Waals surface area contributed by atoms with Crippen LogP contribution in [0.4, 0.5) is 5.69 Å². The topological polar surface area (TPSA) is 59.6 Å². The van der Waals surface area contributed by atoms with Crippen molar-refractivity contribution < 1.29 is 14.3 Å². The zero-order valence-corrected chi connectivity index (χ0v) is 20.7. The van der Waals surface area contributed by atoms with Gasteiger partial charge in [-0.2, -0.15) is 0 Å². The number of benzene rings is 4. The lowest BCUT2D eigenvalue weighted by atomic mass is 10.1. The van der Waals surface area contributed by atoms with Gasteiger partial charge < -0.3 is 14.8 Å². The predicted octanol–water partition coefficient (Wildman–Crippen LogP) is 6.06. The third-order valence-corrected chi connectivity index (χ3v) is 5.67. The summed E-state index contributed by atoms with van der Waals surface area (Å²) in [6.07, 6.45) is 1.59. The van der Waals surface area contributed by atoms with E-state index in [4.69, 9.17) is 21.7 Å². The number of nitrogens with one attached hydrogen (secondary N) is 2. The molecule has 0 bridgehead atoms. The number of para-hydroxylation sites is 1. The fraction of sp³-hybridized carbons (Fsp3) is 0.133. The molecule has 0 saturated carbocycles. The standard InChI is InChI=1S/C30H28N2O3S/c33-29(27-13-7-8-14-28(27)35-22-20-24-11-5-2-6-12-24)32-30(36)31-25-15-17-26(18-16-25)34-21-19-23-9-3-1-4-10-23/h1-18H,19-22H2,(H2,31,32,33,36). The molecule has 0 fully saturated rings. The van der Waals surface area contributed by atoms with Crippen LogP contribution in [0.3, 0.4) is 0 Å². The minimum atomic E-state index is -0.330. The number of ether oxygens (including phenoxy) is 2. The van der Waals surface area contributed by atoms with Gasteiger partial charge in [-0.25, -0.2) is 0 Å². The van der Waals surface area contributed by atoms with Crippen LogP contribution >= 0.6 is 12.2 Å². The molecule has 4 aromatic rings. The Kier molecular flexibility index (Phi) is 9.06. The van der Waals surface area contributed by atoms with E-state index in [1.165, 1.54) is 11.1 Å². The molecule has 0 aliphatic heterocycles. The van der Waals surface area contributed by atoms with Crippen LogP contribution in [0, 0.1) is 0 Å². The molecule has 1 amide bonds. The van der Waals surface area contributed by atoms with Crippen LogP contribution in [0.2, 0.25) is 0 Å². The number of rotatable bonds is 10. The summed E-state index contributed by atoms with van der Waals surface area (Å²) in [5.74, 6) is 0.961. The van der Waals surface area contributed by atoms with Crippen molar-refractivity contribution in [3.63, 3.8) is 0 Å². The number of carbonyl (C=O) groups is 1. The maximum absolute atomic E-state index is 12.8. The Bertz CT molecular complexity index is 1260. The van der Waals surface area contributed by atoms with E-state index in [1.807, 2.05) is 66.7 Å². The maximum atomic E-state index is 12.8. The van der Waals surface area contributed by atoms with E-state index < -0.39 is 0 Å². The molecule has 0 radical (unpaired) electrons. The average Bonchev–Trinajstić information content (AvgIpc) is 2.91. The van der Waals surface area contributed by atoms with Gasteiger partial charge >= 0.3 is 0 Å². The van der Waals surface area contributed by atoms with Crippen molar-refractivity contribution in [3.05, 3.63) is 126 Å². The van der Waals surface area contributed by atoms with Crippen molar-refractivity contribution in [3.8, 4) is 11.5 Å². The van der Waals surface area contributed by atoms with Gasteiger partial charge in [-0.1, -0.05) is 72.8 Å². The lowest BCUT2D eigenvalue weighted by Crippen LogP contribution is -2.34. The Morgan fingerprint density at radius 2 is 1.22 bits per heavy atom. The average molecular weight is 497 g/mol. The van der Waals surface area contributed by atoms with Crippen LogP contribution in [0.1, 0.15) is 21.5 Å². The zero-order valence-electron chi connectivity index (χ0n) is 19.9. The summed E-state index contributed by atoms with van der Waals surface area (Å²) in [4.78, 5) is 12.8. The number of anilines is 1. The second-order valence-electron chi connectivity index (χ2n) is 8.10. The van der Waals surface area contributed by atoms with Gasteiger partial charge in [0.25, 0.3) is 5.91 Å². The Balaban J connectivity index is 1.25. The van der Waals surface area contributed by atoms with Crippen molar-refractivity contribution >= 4 is 28.9 Å². The number of hydrogen-bond donors (Lipinski definition) is 2. The third kappa shape index (κ3) is 7.68. The molecule has 0 aliphatic carbocycles. The highest BCUT2D eigenvalue weighted by Gasteiger charge is 2.14. The fourth-order valence-corrected chi connectivity index (χ4v) is 3.81. The smallest absolute Gasteiger partial charge is 0.261 e. The molecule has 4 aromatic carbocycles. The van der Waals surface area contributed by atoms with E-state index in [2.05, 4.69) is 34.9 Å². The summed E-state index contributed by atoms with van der Waals surface area (Å²) in [6.45, 7) is 1.06. The summed E-state index contributed by atoms with van der Waals surface area (Å²) < 4.78 is 11.7. The Labute approximate surface area is 217 Å². The van der Waals surface area contributed by atoms with Crippen molar-refractivity contribution in [1.29, 1.82) is 0 Å². The molecular weight excluding hydrogens is 468 g/mol. The molecule has 6 heteroatoms. The summed E-state index contributed by atoms with van der Waals surface area (Å²) in [5.41, 5.74) is 3.59. The first-order valence-corrected chi connectivity index (χ1v) is 12.2. The van der Waals surface area contributed by atoms with Gasteiger partial charge in [0.05, 0.1) is 18.8 Å². The number of thiocarbonyl (C=S) groups is 1. The zero-order chi connectivity index (χ0) is 25.0. The third-order valence-electron chi connectivity index (χ3n) is 5.46. The minimum absolute atomic E-state index is 0.205. The number of hydrogen-bond acceptors (Lipinski definition) is 4. The normalized spacial score (nSPS) is 10.3. The van der Waals surface area contributed by atoms with Crippen molar-refractivity contribution in [2.45, 2.75) is 12.8 Å². The highest BCUT2D eigenvalue weighted by molar-refractivity contribution is 7.80. The van der Waals surface area contributed by atoms with E-state index in [0.29, 0.717) is 24.5 Å². The van der Waals surface area contributed by atoms with Crippen molar-refractivity contribution in [2.75, 3.05) is 18.5 Å². The van der Waals surface area contributed by atoms with Gasteiger partial charge in [-0.3, -0.25) is 10.1 Å². The SMILES string of the molecule is O=C(NC(=S)Nc1ccc(OCCc2ccccc2)cc1)c1ccccc1OCCc1ccccc1. The molecule has 0 spiro atoms. The predicted molar refractivity (Wildman–Crippen MR) is 148 cm³/mol. The number of amides is 1. The van der Waals surface area contributed by atoms with Gasteiger partial charge in [0.15, 0.2) is 5.11 Å². The van der Waals surface area contributed by atoms with Crippen molar-refractivity contribution in [1.82, 2.24) is 5.32 Å². The van der Waals surface area contributed by atoms with Gasteiger partial charge in [0.1, 0.15) is 11.5 Å². The molecule has 182 valence electrons. The molecule has 4 rings (SSSR count). The highest BCUT2D eigenvalue weighted by atomic mass is 32.1. The Morgan fingerprint density at radius 3 is 1.86 bits per heavy atom. The molecule has 36 heavy (non-hydrogen) atoms. The van der Waals surface area contributed by atoms with Crippen LogP contribution in [-0.4, -0.2) is 24.2 Å². The largest absolute Gasteiger partial charge is 0.493 e. The van der Waals surface area contributed by atoms with Gasteiger partial charge in [-0.15, -0.1) is 0 Å². The van der Waals surface area contributed by atoms with E-state index in [9.17, 15) is 4.79 Å². The summed E-state index contributed by atoms with van der Waals surface area (Å²) in [7, 11) is 0. The van der Waals surface area contributed by atoms with Crippen LogP contribution in [0.25, 0.3) is 0 Å². The quantitative estimate of drug-likeness (QED) is 0.262. The van der Waals surface area contributed by atoms with Crippen LogP contribution in [0.15, 0.2) is 109 Å². The molecule has 2 N–H and O–H groups in total. The molecule has 0 heterocycles. The van der Waals surface area contributed by atoms with Crippen LogP contribution in [-0.2, 0) is 12.8 Å². The van der Waals surface area contributed by atoms with Crippen molar-refractivity contribution in [2.24, 2.45) is 0 Å². The second-order valence-corrected chi connectivity index (χ2v) is 8.51. The second kappa shape index (κ2) is 13.1. The van der Waals surface area contributed by atoms with Gasteiger partial charge in [0, 0.05) is 18.5 Å². The first-order valence-electron chi connectivity index (χ1n) is 11.8. The Hall–Kier alpha value is -4.16. The van der Waals surface area contributed by atoms with E-state index >= 15 is 0 Å². The molecule has 0 atom stereocenters. The first kappa shape index (κ1) is 24.9. The van der Waals surface area contributed by atoms with Crippen LogP contribution < -0.4 is 20.1 Å². The molecular formula is C30H28N2O3S. The summed E-state index contributed by atoms with van der Waals surface area (Å²) in [6, 6.07) is 34.9. The molecule has 0 aromatic heterocycles. The first-order chi connectivity index (χ1) is 17.7. The fourth-order valence-electron chi connectivity index (χ4n) is 3.60. The van der Waals surface area contributed by atoms with Gasteiger partial charge in [-0.05, 0) is 59.7 Å². The minimum Gasteiger partial charge on any atom is -0.493 e. The molecule has 5 nitrogen and oxygen atoms in total. The lowest BCUT2D eigenvalue weighted by molar-refractivity contribution is 0.0974. The van der Waals surface area contributed by atoms with E-state index in [1.54, 1.807) is 18.2 Å². The Morgan fingerprint density at radius 1 is 0.667 bits per heavy atom. The summed E-state index contributed by atoms with van der Waals surface area (Å²) in [5, 5.41) is 5.97. The summed E-state index contributed by atoms with van der Waals surface area (Å²) >= 11 is 5.35. The molecule has 0 saturated heterocycles. The number of carbonyl (C=O) groups excluding carboxylic acids is 1. The highest BCUT2D eigenvalue weighted by Crippen LogP contribution is 2.19. The monoisotopic (exact) mass is 496 g/mol. The maximum Gasteiger partial charge on any atom is 0.261 e.